The second kappa shape index (κ2) is 5.71. The maximum absolute atomic E-state index is 6.58. The van der Waals surface area contributed by atoms with E-state index >= 15 is 0 Å². The van der Waals surface area contributed by atoms with E-state index in [2.05, 4.69) is 27.7 Å². The molecule has 0 aromatic heterocycles. The monoisotopic (exact) mass is 269 g/mol. The van der Waals surface area contributed by atoms with Gasteiger partial charge in [-0.3, -0.25) is 0 Å². The minimum absolute atomic E-state index is 0.0977. The summed E-state index contributed by atoms with van der Waals surface area (Å²) in [5.41, 5.74) is 6.86. The second-order valence-electron chi connectivity index (χ2n) is 7.46. The van der Waals surface area contributed by atoms with Gasteiger partial charge in [-0.05, 0) is 50.4 Å². The van der Waals surface area contributed by atoms with Gasteiger partial charge in [-0.15, -0.1) is 0 Å². The molecule has 2 N–H and O–H groups in total. The van der Waals surface area contributed by atoms with Crippen molar-refractivity contribution in [3.8, 4) is 0 Å². The van der Waals surface area contributed by atoms with Gasteiger partial charge >= 0.3 is 0 Å². The van der Waals surface area contributed by atoms with E-state index in [1.165, 1.54) is 19.3 Å². The zero-order valence-electron chi connectivity index (χ0n) is 13.1. The van der Waals surface area contributed by atoms with Gasteiger partial charge in [0.1, 0.15) is 0 Å². The Labute approximate surface area is 118 Å². The summed E-state index contributed by atoms with van der Waals surface area (Å²) in [6, 6.07) is 0.126. The molecule has 1 aliphatic carbocycles. The van der Waals surface area contributed by atoms with Crippen molar-refractivity contribution < 1.29 is 9.47 Å². The third kappa shape index (κ3) is 3.32. The Balaban J connectivity index is 2.02. The average molecular weight is 269 g/mol. The summed E-state index contributed by atoms with van der Waals surface area (Å²) in [5, 5.41) is 0. The molecule has 0 aromatic carbocycles. The summed E-state index contributed by atoms with van der Waals surface area (Å²) >= 11 is 0. The summed E-state index contributed by atoms with van der Waals surface area (Å²) in [6.07, 6.45) is 6.13. The molecule has 3 atom stereocenters. The van der Waals surface area contributed by atoms with E-state index in [1.807, 2.05) is 0 Å². The van der Waals surface area contributed by atoms with Gasteiger partial charge in [0.05, 0.1) is 11.7 Å². The van der Waals surface area contributed by atoms with Crippen LogP contribution < -0.4 is 5.73 Å². The van der Waals surface area contributed by atoms with Crippen molar-refractivity contribution in [3.05, 3.63) is 0 Å². The van der Waals surface area contributed by atoms with E-state index < -0.39 is 0 Å². The van der Waals surface area contributed by atoms with Gasteiger partial charge in [-0.1, -0.05) is 20.8 Å². The van der Waals surface area contributed by atoms with E-state index in [9.17, 15) is 0 Å². The smallest absolute Gasteiger partial charge is 0.0776 e. The fourth-order valence-electron chi connectivity index (χ4n) is 3.68. The molecule has 1 heterocycles. The van der Waals surface area contributed by atoms with Crippen molar-refractivity contribution in [3.63, 3.8) is 0 Å². The third-order valence-corrected chi connectivity index (χ3v) is 4.89. The first-order chi connectivity index (χ1) is 8.88. The van der Waals surface area contributed by atoms with Crippen LogP contribution in [0.2, 0.25) is 0 Å². The number of nitrogens with two attached hydrogens (primary N) is 1. The SMILES string of the molecule is CCOC(C(N)C1CCOC2(CCC2)C1)C(C)(C)C. The summed E-state index contributed by atoms with van der Waals surface area (Å²) in [5.74, 6) is 0.546. The van der Waals surface area contributed by atoms with Crippen LogP contribution in [-0.4, -0.2) is 31.0 Å². The Hall–Kier alpha value is -0.120. The van der Waals surface area contributed by atoms with Gasteiger partial charge in [-0.25, -0.2) is 0 Å². The van der Waals surface area contributed by atoms with Crippen LogP contribution in [0.25, 0.3) is 0 Å². The number of ether oxygens (including phenoxy) is 2. The lowest BCUT2D eigenvalue weighted by atomic mass is 9.68. The Morgan fingerprint density at radius 2 is 2.05 bits per heavy atom. The highest BCUT2D eigenvalue weighted by Gasteiger charge is 2.46. The molecule has 1 saturated heterocycles. The van der Waals surface area contributed by atoms with Gasteiger partial charge in [0.15, 0.2) is 0 Å². The molecule has 0 amide bonds. The molecule has 19 heavy (non-hydrogen) atoms. The summed E-state index contributed by atoms with van der Waals surface area (Å²) in [6.45, 7) is 10.4. The molecule has 2 aliphatic rings. The fourth-order valence-corrected chi connectivity index (χ4v) is 3.68. The second-order valence-corrected chi connectivity index (χ2v) is 7.46. The standard InChI is InChI=1S/C16H31NO2/c1-5-18-14(15(2,3)4)13(17)12-7-10-19-16(11-12)8-6-9-16/h12-14H,5-11,17H2,1-4H3. The molecule has 1 aliphatic heterocycles. The van der Waals surface area contributed by atoms with Crippen molar-refractivity contribution >= 4 is 0 Å². The van der Waals surface area contributed by atoms with Crippen LogP contribution in [0.5, 0.6) is 0 Å². The molecule has 0 aromatic rings. The molecule has 2 fully saturated rings. The predicted molar refractivity (Wildman–Crippen MR) is 78.1 cm³/mol. The Bertz CT molecular complexity index is 294. The lowest BCUT2D eigenvalue weighted by Crippen LogP contribution is -2.55. The molecule has 1 spiro atoms. The minimum atomic E-state index is 0.0977. The average Bonchev–Trinajstić information content (AvgIpc) is 2.32. The maximum Gasteiger partial charge on any atom is 0.0776 e. The van der Waals surface area contributed by atoms with Gasteiger partial charge < -0.3 is 15.2 Å². The zero-order chi connectivity index (χ0) is 14.1. The molecule has 0 bridgehead atoms. The maximum atomic E-state index is 6.58. The van der Waals surface area contributed by atoms with Gasteiger partial charge in [0.2, 0.25) is 0 Å². The van der Waals surface area contributed by atoms with E-state index in [1.54, 1.807) is 0 Å². The summed E-state index contributed by atoms with van der Waals surface area (Å²) in [4.78, 5) is 0. The van der Waals surface area contributed by atoms with Crippen LogP contribution in [0, 0.1) is 11.3 Å². The Morgan fingerprint density at radius 1 is 1.37 bits per heavy atom. The molecule has 3 unspecified atom stereocenters. The fraction of sp³-hybridized carbons (Fsp3) is 1.00. The number of hydrogen-bond acceptors (Lipinski definition) is 3. The van der Waals surface area contributed by atoms with Crippen molar-refractivity contribution in [2.75, 3.05) is 13.2 Å². The van der Waals surface area contributed by atoms with Crippen LogP contribution in [0.15, 0.2) is 0 Å². The van der Waals surface area contributed by atoms with E-state index in [0.717, 1.165) is 26.1 Å². The summed E-state index contributed by atoms with van der Waals surface area (Å²) in [7, 11) is 0. The van der Waals surface area contributed by atoms with Crippen LogP contribution in [0.3, 0.4) is 0 Å². The topological polar surface area (TPSA) is 44.5 Å². The molecule has 112 valence electrons. The summed E-state index contributed by atoms with van der Waals surface area (Å²) < 4.78 is 12.0. The Kier molecular flexibility index (Phi) is 4.59. The normalized spacial score (nSPS) is 29.8. The lowest BCUT2D eigenvalue weighted by Gasteiger charge is -2.50. The van der Waals surface area contributed by atoms with E-state index in [-0.39, 0.29) is 23.2 Å². The zero-order valence-corrected chi connectivity index (χ0v) is 13.1. The molecular weight excluding hydrogens is 238 g/mol. The number of hydrogen-bond donors (Lipinski definition) is 1. The molecule has 2 rings (SSSR count). The molecule has 3 nitrogen and oxygen atoms in total. The highest BCUT2D eigenvalue weighted by atomic mass is 16.5. The first-order valence-corrected chi connectivity index (χ1v) is 7.89. The molecule has 1 saturated carbocycles. The van der Waals surface area contributed by atoms with Crippen molar-refractivity contribution in [1.82, 2.24) is 0 Å². The van der Waals surface area contributed by atoms with Crippen LogP contribution in [0.1, 0.15) is 59.8 Å². The first kappa shape index (κ1) is 15.3. The first-order valence-electron chi connectivity index (χ1n) is 7.89. The third-order valence-electron chi connectivity index (χ3n) is 4.89. The predicted octanol–water partition coefficient (Wildman–Crippen LogP) is 3.11. The van der Waals surface area contributed by atoms with E-state index in [4.69, 9.17) is 15.2 Å². The molecule has 0 radical (unpaired) electrons. The van der Waals surface area contributed by atoms with E-state index in [0.29, 0.717) is 5.92 Å². The van der Waals surface area contributed by atoms with Crippen molar-refractivity contribution in [2.45, 2.75) is 77.5 Å². The molecule has 3 heteroatoms. The Morgan fingerprint density at radius 3 is 2.53 bits per heavy atom. The van der Waals surface area contributed by atoms with Crippen molar-refractivity contribution in [1.29, 1.82) is 0 Å². The number of rotatable bonds is 4. The van der Waals surface area contributed by atoms with Gasteiger partial charge in [0, 0.05) is 19.3 Å². The van der Waals surface area contributed by atoms with Crippen LogP contribution in [0.4, 0.5) is 0 Å². The molecular formula is C16H31NO2. The van der Waals surface area contributed by atoms with Crippen molar-refractivity contribution in [2.24, 2.45) is 17.1 Å². The van der Waals surface area contributed by atoms with Crippen LogP contribution >= 0.6 is 0 Å². The largest absolute Gasteiger partial charge is 0.376 e. The minimum Gasteiger partial charge on any atom is -0.376 e. The van der Waals surface area contributed by atoms with Gasteiger partial charge in [0.25, 0.3) is 0 Å². The lowest BCUT2D eigenvalue weighted by molar-refractivity contribution is -0.155. The van der Waals surface area contributed by atoms with Crippen LogP contribution in [-0.2, 0) is 9.47 Å². The highest BCUT2D eigenvalue weighted by Crippen LogP contribution is 2.45. The highest BCUT2D eigenvalue weighted by molar-refractivity contribution is 4.99. The van der Waals surface area contributed by atoms with Gasteiger partial charge in [-0.2, -0.15) is 0 Å². The quantitative estimate of drug-likeness (QED) is 0.853.